The maximum atomic E-state index is 4.52. The largest absolute Gasteiger partial charge is 0.330 e. The zero-order valence-electron chi connectivity index (χ0n) is 12.8. The van der Waals surface area contributed by atoms with E-state index in [4.69, 9.17) is 0 Å². The molecule has 2 nitrogen and oxygen atoms in total. The highest BCUT2D eigenvalue weighted by atomic mass is 15.0. The van der Waals surface area contributed by atoms with Crippen molar-refractivity contribution in [1.29, 1.82) is 0 Å². The van der Waals surface area contributed by atoms with Crippen molar-refractivity contribution in [3.05, 3.63) is 102 Å². The number of aromatic nitrogens is 2. The van der Waals surface area contributed by atoms with Crippen molar-refractivity contribution in [2.75, 3.05) is 0 Å². The lowest BCUT2D eigenvalue weighted by Crippen LogP contribution is -2.10. The molecule has 1 heterocycles. The predicted octanol–water partition coefficient (Wildman–Crippen LogP) is 4.87. The summed E-state index contributed by atoms with van der Waals surface area (Å²) in [4.78, 5) is 4.52. The Labute approximate surface area is 136 Å². The summed E-state index contributed by atoms with van der Waals surface area (Å²) < 4.78 is 2.25. The molecule has 0 aliphatic carbocycles. The van der Waals surface area contributed by atoms with Crippen LogP contribution in [-0.4, -0.2) is 9.55 Å². The number of para-hydroxylation sites is 2. The molecule has 0 N–H and O–H groups in total. The van der Waals surface area contributed by atoms with Crippen LogP contribution in [0.2, 0.25) is 0 Å². The Balaban J connectivity index is 1.77. The lowest BCUT2D eigenvalue weighted by atomic mass is 9.91. The SMILES string of the molecule is c1ccc(C(Cn2cnc3ccccc32)c2ccccc2)cc1. The molecule has 0 aliphatic heterocycles. The number of imidazole rings is 1. The molecule has 0 saturated heterocycles. The third-order valence-electron chi connectivity index (χ3n) is 4.31. The van der Waals surface area contributed by atoms with E-state index >= 15 is 0 Å². The van der Waals surface area contributed by atoms with Crippen molar-refractivity contribution in [3.8, 4) is 0 Å². The van der Waals surface area contributed by atoms with E-state index < -0.39 is 0 Å². The van der Waals surface area contributed by atoms with Crippen molar-refractivity contribution in [2.45, 2.75) is 12.5 Å². The smallest absolute Gasteiger partial charge is 0.0958 e. The van der Waals surface area contributed by atoms with Gasteiger partial charge in [0, 0.05) is 12.5 Å². The van der Waals surface area contributed by atoms with Crippen LogP contribution in [0.4, 0.5) is 0 Å². The zero-order chi connectivity index (χ0) is 15.5. The van der Waals surface area contributed by atoms with E-state index in [-0.39, 0.29) is 0 Å². The monoisotopic (exact) mass is 298 g/mol. The quantitative estimate of drug-likeness (QED) is 0.525. The minimum atomic E-state index is 0.315. The molecule has 0 spiro atoms. The van der Waals surface area contributed by atoms with Crippen molar-refractivity contribution in [3.63, 3.8) is 0 Å². The van der Waals surface area contributed by atoms with Gasteiger partial charge in [-0.25, -0.2) is 4.98 Å². The van der Waals surface area contributed by atoms with Crippen LogP contribution in [0.15, 0.2) is 91.3 Å². The Hall–Kier alpha value is -2.87. The molecule has 0 aliphatic rings. The maximum absolute atomic E-state index is 4.52. The molecule has 0 atom stereocenters. The first-order valence-corrected chi connectivity index (χ1v) is 7.91. The molecular weight excluding hydrogens is 280 g/mol. The molecule has 0 fully saturated rings. The molecule has 0 unspecified atom stereocenters. The summed E-state index contributed by atoms with van der Waals surface area (Å²) in [7, 11) is 0. The van der Waals surface area contributed by atoms with Gasteiger partial charge >= 0.3 is 0 Å². The van der Waals surface area contributed by atoms with Crippen molar-refractivity contribution >= 4 is 11.0 Å². The second-order valence-corrected chi connectivity index (χ2v) is 5.76. The Bertz CT molecular complexity index is 855. The standard InChI is InChI=1S/C21H18N2/c1-3-9-17(10-4-1)19(18-11-5-2-6-12-18)15-23-16-22-20-13-7-8-14-21(20)23/h1-14,16,19H,15H2. The van der Waals surface area contributed by atoms with E-state index in [0.29, 0.717) is 5.92 Å². The highest BCUT2D eigenvalue weighted by molar-refractivity contribution is 5.75. The molecule has 112 valence electrons. The van der Waals surface area contributed by atoms with Gasteiger partial charge in [-0.1, -0.05) is 72.8 Å². The van der Waals surface area contributed by atoms with Gasteiger partial charge in [0.2, 0.25) is 0 Å². The van der Waals surface area contributed by atoms with Gasteiger partial charge < -0.3 is 4.57 Å². The average molecular weight is 298 g/mol. The minimum absolute atomic E-state index is 0.315. The maximum Gasteiger partial charge on any atom is 0.0958 e. The fourth-order valence-corrected chi connectivity index (χ4v) is 3.13. The van der Waals surface area contributed by atoms with Gasteiger partial charge in [-0.2, -0.15) is 0 Å². The topological polar surface area (TPSA) is 17.8 Å². The fraction of sp³-hybridized carbons (Fsp3) is 0.0952. The number of rotatable bonds is 4. The van der Waals surface area contributed by atoms with E-state index in [0.717, 1.165) is 12.1 Å². The fourth-order valence-electron chi connectivity index (χ4n) is 3.13. The number of hydrogen-bond donors (Lipinski definition) is 0. The summed E-state index contributed by atoms with van der Waals surface area (Å²) in [5.74, 6) is 0.315. The Morgan fingerprint density at radius 1 is 0.696 bits per heavy atom. The van der Waals surface area contributed by atoms with Gasteiger partial charge in [-0.05, 0) is 23.3 Å². The summed E-state index contributed by atoms with van der Waals surface area (Å²) >= 11 is 0. The van der Waals surface area contributed by atoms with E-state index in [9.17, 15) is 0 Å². The first kappa shape index (κ1) is 13.8. The van der Waals surface area contributed by atoms with Crippen LogP contribution in [0, 0.1) is 0 Å². The van der Waals surface area contributed by atoms with E-state index in [2.05, 4.69) is 88.4 Å². The predicted molar refractivity (Wildman–Crippen MR) is 94.5 cm³/mol. The second kappa shape index (κ2) is 6.09. The van der Waals surface area contributed by atoms with Crippen molar-refractivity contribution < 1.29 is 0 Å². The van der Waals surface area contributed by atoms with Gasteiger partial charge in [0.1, 0.15) is 0 Å². The molecule has 4 aromatic rings. The highest BCUT2D eigenvalue weighted by Gasteiger charge is 2.15. The number of nitrogens with zero attached hydrogens (tertiary/aromatic N) is 2. The van der Waals surface area contributed by atoms with Crippen LogP contribution in [0.1, 0.15) is 17.0 Å². The summed E-state index contributed by atoms with van der Waals surface area (Å²) in [5, 5.41) is 0. The lowest BCUT2D eigenvalue weighted by Gasteiger charge is -2.19. The summed E-state index contributed by atoms with van der Waals surface area (Å²) in [6, 6.07) is 29.7. The Kier molecular flexibility index (Phi) is 3.65. The van der Waals surface area contributed by atoms with Crippen LogP contribution in [-0.2, 0) is 6.54 Å². The van der Waals surface area contributed by atoms with Crippen molar-refractivity contribution in [1.82, 2.24) is 9.55 Å². The summed E-state index contributed by atoms with van der Waals surface area (Å²) in [5.41, 5.74) is 4.89. The molecule has 2 heteroatoms. The third kappa shape index (κ3) is 2.76. The van der Waals surface area contributed by atoms with Crippen LogP contribution < -0.4 is 0 Å². The second-order valence-electron chi connectivity index (χ2n) is 5.76. The number of hydrogen-bond acceptors (Lipinski definition) is 1. The summed E-state index contributed by atoms with van der Waals surface area (Å²) in [6.45, 7) is 0.883. The van der Waals surface area contributed by atoms with Crippen LogP contribution in [0.25, 0.3) is 11.0 Å². The normalized spacial score (nSPS) is 11.2. The molecule has 1 aromatic heterocycles. The number of benzene rings is 3. The molecule has 4 rings (SSSR count). The van der Waals surface area contributed by atoms with Crippen molar-refractivity contribution in [2.24, 2.45) is 0 Å². The Morgan fingerprint density at radius 3 is 1.91 bits per heavy atom. The van der Waals surface area contributed by atoms with Crippen LogP contribution in [0.3, 0.4) is 0 Å². The first-order chi connectivity index (χ1) is 11.4. The molecule has 0 amide bonds. The summed E-state index contributed by atoms with van der Waals surface area (Å²) in [6.07, 6.45) is 1.95. The van der Waals surface area contributed by atoms with Crippen LogP contribution in [0.5, 0.6) is 0 Å². The van der Waals surface area contributed by atoms with E-state index in [1.807, 2.05) is 12.4 Å². The Morgan fingerprint density at radius 2 is 1.26 bits per heavy atom. The lowest BCUT2D eigenvalue weighted by molar-refractivity contribution is 0.638. The minimum Gasteiger partial charge on any atom is -0.330 e. The van der Waals surface area contributed by atoms with Gasteiger partial charge in [0.25, 0.3) is 0 Å². The highest BCUT2D eigenvalue weighted by Crippen LogP contribution is 2.27. The first-order valence-electron chi connectivity index (χ1n) is 7.91. The van der Waals surface area contributed by atoms with Gasteiger partial charge in [-0.3, -0.25) is 0 Å². The van der Waals surface area contributed by atoms with Gasteiger partial charge in [0.15, 0.2) is 0 Å². The molecular formula is C21H18N2. The van der Waals surface area contributed by atoms with Gasteiger partial charge in [-0.15, -0.1) is 0 Å². The molecule has 0 bridgehead atoms. The van der Waals surface area contributed by atoms with Crippen LogP contribution >= 0.6 is 0 Å². The molecule has 3 aromatic carbocycles. The number of fused-ring (bicyclic) bond motifs is 1. The zero-order valence-corrected chi connectivity index (χ0v) is 12.8. The van der Waals surface area contributed by atoms with Gasteiger partial charge in [0.05, 0.1) is 17.4 Å². The molecule has 0 radical (unpaired) electrons. The van der Waals surface area contributed by atoms with E-state index in [1.165, 1.54) is 16.6 Å². The molecule has 23 heavy (non-hydrogen) atoms. The third-order valence-corrected chi connectivity index (χ3v) is 4.31. The average Bonchev–Trinajstić information content (AvgIpc) is 3.04. The molecule has 0 saturated carbocycles. The van der Waals surface area contributed by atoms with E-state index in [1.54, 1.807) is 0 Å².